The fourth-order valence-electron chi connectivity index (χ4n) is 1.83. The molecule has 1 amide bonds. The zero-order chi connectivity index (χ0) is 17.5. The molecule has 7 nitrogen and oxygen atoms in total. The number of nitrogens with one attached hydrogen (secondary N) is 2. The lowest BCUT2D eigenvalue weighted by atomic mass is 10.2. The van der Waals surface area contributed by atoms with E-state index in [0.717, 1.165) is 4.47 Å². The zero-order valence-electron chi connectivity index (χ0n) is 12.8. The van der Waals surface area contributed by atoms with Gasteiger partial charge in [-0.25, -0.2) is 0 Å². The summed E-state index contributed by atoms with van der Waals surface area (Å²) in [5, 5.41) is 17.4. The van der Waals surface area contributed by atoms with E-state index in [0.29, 0.717) is 17.1 Å². The Kier molecular flexibility index (Phi) is 6.02. The molecule has 0 atom stereocenters. The second-order valence-electron chi connectivity index (χ2n) is 4.99. The first-order valence-corrected chi connectivity index (χ1v) is 7.82. The maximum Gasteiger partial charge on any atom is 0.269 e. The molecular formula is C16H15BrN4O3. The first-order valence-electron chi connectivity index (χ1n) is 7.03. The standard InChI is InChI=1S/C16H15BrN4O3/c1-11(10-16(22)18-13-4-2-12(17)3-5-13)19-20-14-6-8-15(9-7-14)21(23)24/h2-9,20H,10H2,1H3,(H,18,22). The zero-order valence-corrected chi connectivity index (χ0v) is 14.4. The molecule has 2 aromatic carbocycles. The smallest absolute Gasteiger partial charge is 0.269 e. The second-order valence-corrected chi connectivity index (χ2v) is 5.91. The van der Waals surface area contributed by atoms with Gasteiger partial charge in [-0.2, -0.15) is 5.10 Å². The predicted octanol–water partition coefficient (Wildman–Crippen LogP) is 4.17. The molecule has 0 saturated heterocycles. The molecule has 124 valence electrons. The van der Waals surface area contributed by atoms with Crippen LogP contribution in [-0.2, 0) is 4.79 Å². The Morgan fingerprint density at radius 3 is 2.29 bits per heavy atom. The van der Waals surface area contributed by atoms with Crippen LogP contribution in [0.2, 0.25) is 0 Å². The summed E-state index contributed by atoms with van der Waals surface area (Å²) < 4.78 is 0.936. The normalized spacial score (nSPS) is 11.0. The number of carbonyl (C=O) groups is 1. The molecule has 0 saturated carbocycles. The average molecular weight is 391 g/mol. The van der Waals surface area contributed by atoms with Crippen LogP contribution in [0, 0.1) is 10.1 Å². The van der Waals surface area contributed by atoms with Crippen LogP contribution in [0.5, 0.6) is 0 Å². The van der Waals surface area contributed by atoms with Gasteiger partial charge in [0.15, 0.2) is 0 Å². The van der Waals surface area contributed by atoms with Crippen molar-refractivity contribution in [3.8, 4) is 0 Å². The molecule has 2 rings (SSSR count). The minimum absolute atomic E-state index is 0.00938. The number of hydrazone groups is 1. The quantitative estimate of drug-likeness (QED) is 0.439. The molecule has 0 aliphatic carbocycles. The van der Waals surface area contributed by atoms with Crippen LogP contribution in [-0.4, -0.2) is 16.5 Å². The van der Waals surface area contributed by atoms with Gasteiger partial charge in [-0.15, -0.1) is 0 Å². The van der Waals surface area contributed by atoms with E-state index < -0.39 is 4.92 Å². The molecule has 24 heavy (non-hydrogen) atoms. The summed E-state index contributed by atoms with van der Waals surface area (Å²) in [5.74, 6) is -0.177. The molecule has 0 aliphatic heterocycles. The number of anilines is 2. The van der Waals surface area contributed by atoms with Crippen molar-refractivity contribution in [2.24, 2.45) is 5.10 Å². The predicted molar refractivity (Wildman–Crippen MR) is 97.2 cm³/mol. The number of hydrogen-bond acceptors (Lipinski definition) is 5. The molecule has 2 N–H and O–H groups in total. The van der Waals surface area contributed by atoms with Gasteiger partial charge in [-0.3, -0.25) is 20.3 Å². The second kappa shape index (κ2) is 8.21. The summed E-state index contributed by atoms with van der Waals surface area (Å²) in [4.78, 5) is 22.0. The summed E-state index contributed by atoms with van der Waals surface area (Å²) in [7, 11) is 0. The maximum absolute atomic E-state index is 11.9. The lowest BCUT2D eigenvalue weighted by molar-refractivity contribution is -0.384. The van der Waals surface area contributed by atoms with Crippen LogP contribution in [0.15, 0.2) is 58.1 Å². The number of non-ortho nitro benzene ring substituents is 1. The van der Waals surface area contributed by atoms with Crippen LogP contribution in [0.4, 0.5) is 17.1 Å². The van der Waals surface area contributed by atoms with Crippen molar-refractivity contribution >= 4 is 44.6 Å². The number of halogens is 1. The molecule has 0 spiro atoms. The van der Waals surface area contributed by atoms with Gasteiger partial charge >= 0.3 is 0 Å². The summed E-state index contributed by atoms with van der Waals surface area (Å²) in [6.45, 7) is 1.72. The summed E-state index contributed by atoms with van der Waals surface area (Å²) >= 11 is 3.33. The lowest BCUT2D eigenvalue weighted by Crippen LogP contribution is -2.15. The van der Waals surface area contributed by atoms with E-state index >= 15 is 0 Å². The highest BCUT2D eigenvalue weighted by atomic mass is 79.9. The van der Waals surface area contributed by atoms with Crippen molar-refractivity contribution in [3.05, 3.63) is 63.1 Å². The van der Waals surface area contributed by atoms with Gasteiger partial charge in [0.1, 0.15) is 0 Å². The van der Waals surface area contributed by atoms with Crippen LogP contribution in [0.3, 0.4) is 0 Å². The summed E-state index contributed by atoms with van der Waals surface area (Å²) in [6.07, 6.45) is 0.135. The van der Waals surface area contributed by atoms with Crippen LogP contribution < -0.4 is 10.7 Å². The van der Waals surface area contributed by atoms with E-state index in [1.807, 2.05) is 12.1 Å². The highest BCUT2D eigenvalue weighted by Gasteiger charge is 2.06. The van der Waals surface area contributed by atoms with E-state index in [-0.39, 0.29) is 18.0 Å². The fraction of sp³-hybridized carbons (Fsp3) is 0.125. The SMILES string of the molecule is CC(CC(=O)Nc1ccc(Br)cc1)=NNc1ccc([N+](=O)[O-])cc1. The molecule has 0 fully saturated rings. The Morgan fingerprint density at radius 2 is 1.71 bits per heavy atom. The first-order chi connectivity index (χ1) is 11.4. The summed E-state index contributed by atoms with van der Waals surface area (Å²) in [5.41, 5.74) is 4.67. The Hall–Kier alpha value is -2.74. The number of nitro groups is 1. The van der Waals surface area contributed by atoms with E-state index in [1.165, 1.54) is 12.1 Å². The largest absolute Gasteiger partial charge is 0.326 e. The summed E-state index contributed by atoms with van der Waals surface area (Å²) in [6, 6.07) is 13.1. The van der Waals surface area contributed by atoms with Crippen LogP contribution >= 0.6 is 15.9 Å². The average Bonchev–Trinajstić information content (AvgIpc) is 2.55. The molecule has 0 unspecified atom stereocenters. The molecule has 0 aliphatic rings. The number of nitrogens with zero attached hydrogens (tertiary/aromatic N) is 2. The van der Waals surface area contributed by atoms with Crippen molar-refractivity contribution < 1.29 is 9.72 Å². The minimum Gasteiger partial charge on any atom is -0.326 e. The number of amides is 1. The molecular weight excluding hydrogens is 376 g/mol. The molecule has 0 radical (unpaired) electrons. The molecule has 8 heteroatoms. The monoisotopic (exact) mass is 390 g/mol. The van der Waals surface area contributed by atoms with Gasteiger partial charge in [0, 0.05) is 28.0 Å². The van der Waals surface area contributed by atoms with E-state index in [1.54, 1.807) is 31.2 Å². The maximum atomic E-state index is 11.9. The first kappa shape index (κ1) is 17.6. The Morgan fingerprint density at radius 1 is 1.12 bits per heavy atom. The van der Waals surface area contributed by atoms with Crippen molar-refractivity contribution in [2.75, 3.05) is 10.7 Å². The van der Waals surface area contributed by atoms with Gasteiger partial charge in [-0.05, 0) is 43.3 Å². The third kappa shape index (κ3) is 5.47. The van der Waals surface area contributed by atoms with Gasteiger partial charge in [0.25, 0.3) is 5.69 Å². The molecule has 0 heterocycles. The molecule has 0 aromatic heterocycles. The van der Waals surface area contributed by atoms with Crippen LogP contribution in [0.25, 0.3) is 0 Å². The third-order valence-corrected chi connectivity index (χ3v) is 3.53. The van der Waals surface area contributed by atoms with Crippen molar-refractivity contribution in [2.45, 2.75) is 13.3 Å². The van der Waals surface area contributed by atoms with Crippen molar-refractivity contribution in [1.82, 2.24) is 0 Å². The highest BCUT2D eigenvalue weighted by molar-refractivity contribution is 9.10. The van der Waals surface area contributed by atoms with E-state index in [2.05, 4.69) is 31.8 Å². The number of carbonyl (C=O) groups excluding carboxylic acids is 1. The minimum atomic E-state index is -0.468. The number of hydrogen-bond donors (Lipinski definition) is 2. The Bertz CT molecular complexity index is 758. The number of rotatable bonds is 6. The third-order valence-electron chi connectivity index (χ3n) is 3.00. The number of benzene rings is 2. The van der Waals surface area contributed by atoms with Crippen molar-refractivity contribution in [1.29, 1.82) is 0 Å². The molecule has 2 aromatic rings. The van der Waals surface area contributed by atoms with Crippen LogP contribution in [0.1, 0.15) is 13.3 Å². The fourth-order valence-corrected chi connectivity index (χ4v) is 2.09. The lowest BCUT2D eigenvalue weighted by Gasteiger charge is -2.06. The van der Waals surface area contributed by atoms with Gasteiger partial charge in [0.2, 0.25) is 5.91 Å². The van der Waals surface area contributed by atoms with E-state index in [4.69, 9.17) is 0 Å². The van der Waals surface area contributed by atoms with Gasteiger partial charge in [0.05, 0.1) is 17.0 Å². The topological polar surface area (TPSA) is 96.6 Å². The van der Waals surface area contributed by atoms with E-state index in [9.17, 15) is 14.9 Å². The molecule has 0 bridgehead atoms. The van der Waals surface area contributed by atoms with Gasteiger partial charge < -0.3 is 5.32 Å². The number of nitro benzene ring substituents is 1. The Balaban J connectivity index is 1.87. The highest BCUT2D eigenvalue weighted by Crippen LogP contribution is 2.16. The Labute approximate surface area is 147 Å². The van der Waals surface area contributed by atoms with Crippen molar-refractivity contribution in [3.63, 3.8) is 0 Å². The van der Waals surface area contributed by atoms with Gasteiger partial charge in [-0.1, -0.05) is 15.9 Å².